The first-order valence-corrected chi connectivity index (χ1v) is 5.91. The second-order valence-electron chi connectivity index (χ2n) is 5.67. The maximum Gasteiger partial charge on any atom is 0.0149 e. The fourth-order valence-corrected chi connectivity index (χ4v) is 2.47. The van der Waals surface area contributed by atoms with Crippen molar-refractivity contribution in [3.63, 3.8) is 0 Å². The Hall–Kier alpha value is 0.310. The number of thioether (sulfide) groups is 1. The Morgan fingerprint density at radius 2 is 1.54 bits per heavy atom. The average molecular weight is 203 g/mol. The van der Waals surface area contributed by atoms with Crippen LogP contribution in [0.2, 0.25) is 0 Å². The first-order valence-electron chi connectivity index (χ1n) is 5.03. The second kappa shape index (κ2) is 4.70. The van der Waals surface area contributed by atoms with Gasteiger partial charge in [-0.2, -0.15) is 11.8 Å². The smallest absolute Gasteiger partial charge is 0.0149 e. The average Bonchev–Trinajstić information content (AvgIpc) is 1.78. The summed E-state index contributed by atoms with van der Waals surface area (Å²) in [6, 6.07) is 0. The van der Waals surface area contributed by atoms with Crippen LogP contribution in [-0.2, 0) is 0 Å². The Kier molecular flexibility index (Phi) is 4.81. The lowest BCUT2D eigenvalue weighted by Gasteiger charge is -2.27. The predicted octanol–water partition coefficient (Wildman–Crippen LogP) is 3.29. The number of hydrogen-bond acceptors (Lipinski definition) is 2. The summed E-state index contributed by atoms with van der Waals surface area (Å²) in [6.45, 7) is 16.8. The van der Waals surface area contributed by atoms with Crippen LogP contribution in [0.5, 0.6) is 0 Å². The molecule has 0 saturated heterocycles. The standard InChI is InChI=1S/C11H25NS/c1-9(13-11(5,6)7)8-12-10(2,3)4/h9,12H,8H2,1-7H3. The summed E-state index contributed by atoms with van der Waals surface area (Å²) in [5, 5.41) is 4.20. The third-order valence-electron chi connectivity index (χ3n) is 1.47. The molecule has 0 heterocycles. The molecule has 1 N–H and O–H groups in total. The summed E-state index contributed by atoms with van der Waals surface area (Å²) in [7, 11) is 0. The van der Waals surface area contributed by atoms with E-state index in [0.717, 1.165) is 6.54 Å². The molecular formula is C11H25NS. The van der Waals surface area contributed by atoms with Crippen molar-refractivity contribution in [3.05, 3.63) is 0 Å². The van der Waals surface area contributed by atoms with Crippen LogP contribution >= 0.6 is 11.8 Å². The molecule has 0 aromatic heterocycles. The highest BCUT2D eigenvalue weighted by molar-refractivity contribution is 8.01. The minimum atomic E-state index is 0.243. The molecule has 0 aromatic rings. The van der Waals surface area contributed by atoms with Crippen molar-refractivity contribution in [2.45, 2.75) is 64.0 Å². The third kappa shape index (κ3) is 10.2. The summed E-state index contributed by atoms with van der Waals surface area (Å²) in [5.74, 6) is 0. The highest BCUT2D eigenvalue weighted by atomic mass is 32.2. The van der Waals surface area contributed by atoms with E-state index in [1.807, 2.05) is 11.8 Å². The second-order valence-corrected chi connectivity index (χ2v) is 7.94. The molecule has 0 rings (SSSR count). The molecule has 0 saturated carbocycles. The molecule has 13 heavy (non-hydrogen) atoms. The van der Waals surface area contributed by atoms with Crippen molar-refractivity contribution in [2.75, 3.05) is 6.54 Å². The van der Waals surface area contributed by atoms with Crippen molar-refractivity contribution >= 4 is 11.8 Å². The van der Waals surface area contributed by atoms with Gasteiger partial charge in [-0.1, -0.05) is 27.7 Å². The van der Waals surface area contributed by atoms with Gasteiger partial charge in [-0.25, -0.2) is 0 Å². The zero-order valence-corrected chi connectivity index (χ0v) is 11.0. The Labute approximate surface area is 88.1 Å². The van der Waals surface area contributed by atoms with E-state index in [1.165, 1.54) is 0 Å². The molecule has 1 nitrogen and oxygen atoms in total. The zero-order chi connectivity index (χ0) is 10.7. The van der Waals surface area contributed by atoms with Gasteiger partial charge in [-0.05, 0) is 20.8 Å². The van der Waals surface area contributed by atoms with Gasteiger partial charge < -0.3 is 5.32 Å². The zero-order valence-electron chi connectivity index (χ0n) is 10.2. The fourth-order valence-electron chi connectivity index (χ4n) is 1.10. The van der Waals surface area contributed by atoms with Gasteiger partial charge in [0.1, 0.15) is 0 Å². The first-order chi connectivity index (χ1) is 5.60. The maximum absolute atomic E-state index is 3.52. The summed E-state index contributed by atoms with van der Waals surface area (Å²) in [6.07, 6.45) is 0. The monoisotopic (exact) mass is 203 g/mol. The molecule has 0 aromatic carbocycles. The molecule has 0 spiro atoms. The predicted molar refractivity (Wildman–Crippen MR) is 64.6 cm³/mol. The number of rotatable bonds is 3. The molecular weight excluding hydrogens is 178 g/mol. The largest absolute Gasteiger partial charge is 0.311 e. The molecule has 2 heteroatoms. The van der Waals surface area contributed by atoms with Crippen molar-refractivity contribution < 1.29 is 0 Å². The fraction of sp³-hybridized carbons (Fsp3) is 1.00. The Morgan fingerprint density at radius 3 is 1.85 bits per heavy atom. The number of nitrogens with one attached hydrogen (secondary N) is 1. The van der Waals surface area contributed by atoms with Crippen LogP contribution in [0.1, 0.15) is 48.5 Å². The van der Waals surface area contributed by atoms with Crippen LogP contribution in [0.4, 0.5) is 0 Å². The lowest BCUT2D eigenvalue weighted by atomic mass is 10.1. The molecule has 1 atom stereocenters. The van der Waals surface area contributed by atoms with Crippen LogP contribution in [0, 0.1) is 0 Å². The normalized spacial score (nSPS) is 15.9. The maximum atomic E-state index is 3.52. The number of hydrogen-bond donors (Lipinski definition) is 1. The molecule has 0 bridgehead atoms. The van der Waals surface area contributed by atoms with E-state index >= 15 is 0 Å². The van der Waals surface area contributed by atoms with E-state index < -0.39 is 0 Å². The van der Waals surface area contributed by atoms with Gasteiger partial charge in [0, 0.05) is 22.1 Å². The molecule has 0 aliphatic heterocycles. The Morgan fingerprint density at radius 1 is 1.08 bits per heavy atom. The van der Waals surface area contributed by atoms with E-state index in [2.05, 4.69) is 53.8 Å². The third-order valence-corrected chi connectivity index (χ3v) is 2.75. The van der Waals surface area contributed by atoms with Crippen LogP contribution < -0.4 is 5.32 Å². The van der Waals surface area contributed by atoms with Crippen molar-refractivity contribution in [1.29, 1.82) is 0 Å². The minimum absolute atomic E-state index is 0.243. The van der Waals surface area contributed by atoms with Gasteiger partial charge in [0.25, 0.3) is 0 Å². The molecule has 0 aliphatic carbocycles. The van der Waals surface area contributed by atoms with Gasteiger partial charge in [0.15, 0.2) is 0 Å². The van der Waals surface area contributed by atoms with Crippen molar-refractivity contribution in [2.24, 2.45) is 0 Å². The van der Waals surface area contributed by atoms with Gasteiger partial charge in [0.2, 0.25) is 0 Å². The highest BCUT2D eigenvalue weighted by Crippen LogP contribution is 2.27. The van der Waals surface area contributed by atoms with Gasteiger partial charge >= 0.3 is 0 Å². The van der Waals surface area contributed by atoms with Crippen LogP contribution in [0.3, 0.4) is 0 Å². The lowest BCUT2D eigenvalue weighted by Crippen LogP contribution is -2.40. The lowest BCUT2D eigenvalue weighted by molar-refractivity contribution is 0.429. The molecule has 1 unspecified atom stereocenters. The Balaban J connectivity index is 3.70. The van der Waals surface area contributed by atoms with E-state index in [4.69, 9.17) is 0 Å². The van der Waals surface area contributed by atoms with E-state index in [-0.39, 0.29) is 5.54 Å². The Bertz CT molecular complexity index is 141. The molecule has 0 amide bonds. The summed E-state index contributed by atoms with van der Waals surface area (Å²) < 4.78 is 0.374. The summed E-state index contributed by atoms with van der Waals surface area (Å²) >= 11 is 2.03. The molecule has 80 valence electrons. The molecule has 0 radical (unpaired) electrons. The SMILES string of the molecule is CC(CNC(C)(C)C)SC(C)(C)C. The van der Waals surface area contributed by atoms with Crippen LogP contribution in [-0.4, -0.2) is 22.1 Å². The van der Waals surface area contributed by atoms with Gasteiger partial charge in [0.05, 0.1) is 0 Å². The topological polar surface area (TPSA) is 12.0 Å². The van der Waals surface area contributed by atoms with E-state index in [9.17, 15) is 0 Å². The van der Waals surface area contributed by atoms with Crippen LogP contribution in [0.25, 0.3) is 0 Å². The van der Waals surface area contributed by atoms with Gasteiger partial charge in [-0.3, -0.25) is 0 Å². The summed E-state index contributed by atoms with van der Waals surface area (Å²) in [5.41, 5.74) is 0.243. The quantitative estimate of drug-likeness (QED) is 0.755. The van der Waals surface area contributed by atoms with Gasteiger partial charge in [-0.15, -0.1) is 0 Å². The van der Waals surface area contributed by atoms with Crippen molar-refractivity contribution in [3.8, 4) is 0 Å². The summed E-state index contributed by atoms with van der Waals surface area (Å²) in [4.78, 5) is 0. The minimum Gasteiger partial charge on any atom is -0.311 e. The highest BCUT2D eigenvalue weighted by Gasteiger charge is 2.17. The van der Waals surface area contributed by atoms with Crippen LogP contribution in [0.15, 0.2) is 0 Å². The molecule has 0 aliphatic rings. The van der Waals surface area contributed by atoms with E-state index in [1.54, 1.807) is 0 Å². The van der Waals surface area contributed by atoms with Crippen molar-refractivity contribution in [1.82, 2.24) is 5.32 Å². The first kappa shape index (κ1) is 13.3. The van der Waals surface area contributed by atoms with E-state index in [0.29, 0.717) is 10.00 Å². The molecule has 0 fully saturated rings.